The van der Waals surface area contributed by atoms with Crippen LogP contribution in [0.4, 0.5) is 0 Å². The van der Waals surface area contributed by atoms with Gasteiger partial charge in [-0.15, -0.1) is 0 Å². The maximum atomic E-state index is 5.79. The molecule has 3 heteroatoms. The summed E-state index contributed by atoms with van der Waals surface area (Å²) in [6, 6.07) is 8.40. The molecule has 0 aliphatic heterocycles. The monoisotopic (exact) mass is 280 g/mol. The summed E-state index contributed by atoms with van der Waals surface area (Å²) in [5.41, 5.74) is 1.53. The molecule has 1 rings (SSSR count). The third kappa shape index (κ3) is 6.78. The molecule has 19 heavy (non-hydrogen) atoms. The predicted molar refractivity (Wildman–Crippen MR) is 84.6 cm³/mol. The highest BCUT2D eigenvalue weighted by Gasteiger charge is 2.14. The summed E-state index contributed by atoms with van der Waals surface area (Å²) >= 11 is 0. The van der Waals surface area contributed by atoms with E-state index in [1.165, 1.54) is 5.56 Å². The van der Waals surface area contributed by atoms with Crippen LogP contribution in [0.1, 0.15) is 32.8 Å². The maximum absolute atomic E-state index is 5.79. The molecule has 0 radical (unpaired) electrons. The van der Waals surface area contributed by atoms with E-state index in [0.717, 1.165) is 25.4 Å². The molecule has 2 nitrogen and oxygen atoms in total. The minimum Gasteiger partial charge on any atom is -0.494 e. The second-order valence-electron chi connectivity index (χ2n) is 6.94. The lowest BCUT2D eigenvalue weighted by molar-refractivity contribution is 0.243. The Morgan fingerprint density at radius 1 is 0.947 bits per heavy atom. The van der Waals surface area contributed by atoms with Gasteiger partial charge in [-0.2, -0.15) is 0 Å². The SMILES string of the molecule is CC(C)(C)c1ccc(OCCCO[Si](C)(C)C)cc1. The molecule has 0 unspecified atom stereocenters. The third-order valence-corrected chi connectivity index (χ3v) is 3.88. The summed E-state index contributed by atoms with van der Waals surface area (Å²) in [6.07, 6.45) is 0.950. The van der Waals surface area contributed by atoms with Crippen molar-refractivity contribution in [1.82, 2.24) is 0 Å². The topological polar surface area (TPSA) is 18.5 Å². The van der Waals surface area contributed by atoms with Gasteiger partial charge in [-0.05, 0) is 42.8 Å². The first-order valence-corrected chi connectivity index (χ1v) is 10.5. The minimum atomic E-state index is -1.37. The summed E-state index contributed by atoms with van der Waals surface area (Å²) in [4.78, 5) is 0. The Hall–Kier alpha value is -0.803. The molecule has 0 saturated carbocycles. The number of ether oxygens (including phenoxy) is 1. The first-order chi connectivity index (χ1) is 8.68. The Balaban J connectivity index is 2.31. The highest BCUT2D eigenvalue weighted by Crippen LogP contribution is 2.24. The molecule has 0 amide bonds. The Kier molecular flexibility index (Phi) is 5.62. The average Bonchev–Trinajstić information content (AvgIpc) is 2.26. The standard InChI is InChI=1S/C16H28O2Si/c1-16(2,3)14-8-10-15(11-9-14)17-12-7-13-18-19(4,5)6/h8-11H,7,12-13H2,1-6H3. The van der Waals surface area contributed by atoms with Crippen molar-refractivity contribution in [2.24, 2.45) is 0 Å². The normalized spacial score (nSPS) is 12.5. The number of hydrogen-bond donors (Lipinski definition) is 0. The Morgan fingerprint density at radius 2 is 1.53 bits per heavy atom. The van der Waals surface area contributed by atoms with Crippen LogP contribution in [0.3, 0.4) is 0 Å². The highest BCUT2D eigenvalue weighted by atomic mass is 28.4. The average molecular weight is 280 g/mol. The molecule has 0 aromatic heterocycles. The van der Waals surface area contributed by atoms with Gasteiger partial charge in [0, 0.05) is 13.0 Å². The van der Waals surface area contributed by atoms with Crippen LogP contribution in [0.5, 0.6) is 5.75 Å². The van der Waals surface area contributed by atoms with E-state index in [-0.39, 0.29) is 5.41 Å². The maximum Gasteiger partial charge on any atom is 0.183 e. The molecule has 1 aromatic rings. The number of benzene rings is 1. The van der Waals surface area contributed by atoms with Gasteiger partial charge in [0.25, 0.3) is 0 Å². The van der Waals surface area contributed by atoms with Crippen LogP contribution in [-0.4, -0.2) is 21.5 Å². The van der Waals surface area contributed by atoms with E-state index < -0.39 is 8.32 Å². The molecule has 0 aliphatic rings. The molecule has 0 atom stereocenters. The second-order valence-corrected chi connectivity index (χ2v) is 11.5. The fourth-order valence-corrected chi connectivity index (χ4v) is 2.44. The largest absolute Gasteiger partial charge is 0.494 e. The van der Waals surface area contributed by atoms with Crippen molar-refractivity contribution in [3.8, 4) is 5.75 Å². The van der Waals surface area contributed by atoms with Gasteiger partial charge in [-0.25, -0.2) is 0 Å². The van der Waals surface area contributed by atoms with E-state index in [9.17, 15) is 0 Å². The van der Waals surface area contributed by atoms with Crippen LogP contribution in [-0.2, 0) is 9.84 Å². The lowest BCUT2D eigenvalue weighted by Gasteiger charge is -2.19. The van der Waals surface area contributed by atoms with Crippen molar-refractivity contribution >= 4 is 8.32 Å². The van der Waals surface area contributed by atoms with Crippen molar-refractivity contribution in [3.63, 3.8) is 0 Å². The van der Waals surface area contributed by atoms with Gasteiger partial charge in [0.05, 0.1) is 6.61 Å². The van der Waals surface area contributed by atoms with E-state index in [0.29, 0.717) is 0 Å². The molecule has 0 fully saturated rings. The fraction of sp³-hybridized carbons (Fsp3) is 0.625. The molecule has 0 bridgehead atoms. The van der Waals surface area contributed by atoms with Crippen LogP contribution < -0.4 is 4.74 Å². The highest BCUT2D eigenvalue weighted by molar-refractivity contribution is 6.69. The van der Waals surface area contributed by atoms with E-state index in [1.54, 1.807) is 0 Å². The van der Waals surface area contributed by atoms with Gasteiger partial charge in [0.2, 0.25) is 0 Å². The fourth-order valence-electron chi connectivity index (χ4n) is 1.68. The zero-order chi connectivity index (χ0) is 14.5. The number of hydrogen-bond acceptors (Lipinski definition) is 2. The van der Waals surface area contributed by atoms with Crippen LogP contribution >= 0.6 is 0 Å². The molecule has 0 aliphatic carbocycles. The molecule has 0 spiro atoms. The van der Waals surface area contributed by atoms with E-state index in [2.05, 4.69) is 64.7 Å². The van der Waals surface area contributed by atoms with Gasteiger partial charge < -0.3 is 9.16 Å². The molecule has 0 heterocycles. The van der Waals surface area contributed by atoms with Gasteiger partial charge in [-0.3, -0.25) is 0 Å². The van der Waals surface area contributed by atoms with Crippen LogP contribution in [0.15, 0.2) is 24.3 Å². The van der Waals surface area contributed by atoms with E-state index in [4.69, 9.17) is 9.16 Å². The van der Waals surface area contributed by atoms with Gasteiger partial charge in [-0.1, -0.05) is 32.9 Å². The van der Waals surface area contributed by atoms with Gasteiger partial charge >= 0.3 is 0 Å². The van der Waals surface area contributed by atoms with E-state index >= 15 is 0 Å². The molecular weight excluding hydrogens is 252 g/mol. The summed E-state index contributed by atoms with van der Waals surface area (Å²) in [7, 11) is -1.37. The Bertz CT molecular complexity index is 371. The smallest absolute Gasteiger partial charge is 0.183 e. The summed E-state index contributed by atoms with van der Waals surface area (Å²) in [5.74, 6) is 0.945. The van der Waals surface area contributed by atoms with Crippen molar-refractivity contribution < 1.29 is 9.16 Å². The molecule has 1 aromatic carbocycles. The summed E-state index contributed by atoms with van der Waals surface area (Å²) in [6.45, 7) is 14.8. The number of rotatable bonds is 6. The summed E-state index contributed by atoms with van der Waals surface area (Å²) in [5, 5.41) is 0. The van der Waals surface area contributed by atoms with Crippen molar-refractivity contribution in [3.05, 3.63) is 29.8 Å². The van der Waals surface area contributed by atoms with Crippen molar-refractivity contribution in [2.45, 2.75) is 52.2 Å². The zero-order valence-corrected chi connectivity index (χ0v) is 14.2. The summed E-state index contributed by atoms with van der Waals surface area (Å²) < 4.78 is 11.5. The van der Waals surface area contributed by atoms with Gasteiger partial charge in [0.1, 0.15) is 5.75 Å². The second kappa shape index (κ2) is 6.57. The Morgan fingerprint density at radius 3 is 2.00 bits per heavy atom. The predicted octanol–water partition coefficient (Wildman–Crippen LogP) is 4.60. The van der Waals surface area contributed by atoms with Crippen LogP contribution in [0.25, 0.3) is 0 Å². The quantitative estimate of drug-likeness (QED) is 0.560. The third-order valence-electron chi connectivity index (χ3n) is 2.81. The zero-order valence-electron chi connectivity index (χ0n) is 13.2. The van der Waals surface area contributed by atoms with Gasteiger partial charge in [0.15, 0.2) is 8.32 Å². The minimum absolute atomic E-state index is 0.198. The lowest BCUT2D eigenvalue weighted by Crippen LogP contribution is -2.26. The van der Waals surface area contributed by atoms with Crippen molar-refractivity contribution in [2.75, 3.05) is 13.2 Å². The lowest BCUT2D eigenvalue weighted by atomic mass is 9.87. The van der Waals surface area contributed by atoms with Crippen LogP contribution in [0, 0.1) is 0 Å². The molecular formula is C16H28O2Si. The molecule has 0 saturated heterocycles. The van der Waals surface area contributed by atoms with E-state index in [1.807, 2.05) is 0 Å². The first kappa shape index (κ1) is 16.3. The van der Waals surface area contributed by atoms with Crippen LogP contribution in [0.2, 0.25) is 19.6 Å². The molecule has 0 N–H and O–H groups in total. The Labute approximate surface area is 119 Å². The van der Waals surface area contributed by atoms with Crippen molar-refractivity contribution in [1.29, 1.82) is 0 Å². The molecule has 108 valence electrons. The first-order valence-electron chi connectivity index (χ1n) is 7.06.